The van der Waals surface area contributed by atoms with Crippen molar-refractivity contribution in [2.24, 2.45) is 5.92 Å². The van der Waals surface area contributed by atoms with Gasteiger partial charge in [0.2, 0.25) is 5.91 Å². The van der Waals surface area contributed by atoms with Gasteiger partial charge >= 0.3 is 0 Å². The third-order valence-electron chi connectivity index (χ3n) is 8.55. The van der Waals surface area contributed by atoms with Gasteiger partial charge < -0.3 is 4.90 Å². The molecule has 5 rings (SSSR count). The van der Waals surface area contributed by atoms with E-state index in [4.69, 9.17) is 32.9 Å². The highest BCUT2D eigenvalue weighted by Crippen LogP contribution is 2.48. The molecule has 1 saturated carbocycles. The summed E-state index contributed by atoms with van der Waals surface area (Å²) >= 11 is 13.1. The van der Waals surface area contributed by atoms with Gasteiger partial charge in [0.15, 0.2) is 0 Å². The van der Waals surface area contributed by atoms with E-state index in [-0.39, 0.29) is 25.0 Å². The van der Waals surface area contributed by atoms with E-state index in [9.17, 15) is 14.4 Å². The molecule has 48 heavy (non-hydrogen) atoms. The quantitative estimate of drug-likeness (QED) is 0.154. The van der Waals surface area contributed by atoms with Crippen molar-refractivity contribution >= 4 is 40.9 Å². The number of amides is 3. The second-order valence-corrected chi connectivity index (χ2v) is 12.6. The molecule has 3 aromatic rings. The second kappa shape index (κ2) is 16.7. The molecule has 1 aliphatic carbocycles. The molecule has 0 saturated heterocycles. The second-order valence-electron chi connectivity index (χ2n) is 11.7. The summed E-state index contributed by atoms with van der Waals surface area (Å²) in [4.78, 5) is 59.5. The van der Waals surface area contributed by atoms with Crippen LogP contribution in [0.3, 0.4) is 0 Å². The Bertz CT molecular complexity index is 1700. The zero-order valence-electron chi connectivity index (χ0n) is 26.6. The monoisotopic (exact) mass is 688 g/mol. The number of hydrogen-bond acceptors (Lipinski definition) is 6. The van der Waals surface area contributed by atoms with E-state index in [2.05, 4.69) is 22.5 Å². The molecular formula is C37H38Cl2N4O5. The van der Waals surface area contributed by atoms with Gasteiger partial charge in [0.1, 0.15) is 6.61 Å². The number of carbonyl (C=O) groups is 3. The van der Waals surface area contributed by atoms with Crippen LogP contribution >= 0.6 is 23.2 Å². The van der Waals surface area contributed by atoms with E-state index in [0.29, 0.717) is 50.8 Å². The molecule has 9 nitrogen and oxygen atoms in total. The van der Waals surface area contributed by atoms with Gasteiger partial charge in [0.05, 0.1) is 30.2 Å². The molecule has 1 aromatic heterocycles. The van der Waals surface area contributed by atoms with Gasteiger partial charge in [-0.05, 0) is 66.8 Å². The maximum Gasteiger partial charge on any atom is 0.254 e. The number of nitrogens with zero attached hydrogens (tertiary/aromatic N) is 2. The fourth-order valence-corrected chi connectivity index (χ4v) is 6.90. The van der Waals surface area contributed by atoms with E-state index in [1.807, 2.05) is 31.2 Å². The Hall–Kier alpha value is -4.28. The van der Waals surface area contributed by atoms with Crippen molar-refractivity contribution in [3.8, 4) is 0 Å². The Kier molecular flexibility index (Phi) is 12.2. The molecule has 1 aliphatic heterocycles. The topological polar surface area (TPSA) is 110 Å². The number of fused-ring (bicyclic) bond motifs is 1. The fraction of sp³-hybridized carbons (Fsp3) is 0.297. The first-order valence-corrected chi connectivity index (χ1v) is 16.6. The minimum absolute atomic E-state index is 0.0400. The molecule has 0 spiro atoms. The normalized spacial score (nSPS) is 20.9. The van der Waals surface area contributed by atoms with Crippen molar-refractivity contribution in [2.75, 3.05) is 6.61 Å². The number of benzene rings is 2. The van der Waals surface area contributed by atoms with Gasteiger partial charge in [0, 0.05) is 27.8 Å². The van der Waals surface area contributed by atoms with Crippen molar-refractivity contribution in [3.63, 3.8) is 0 Å². The highest BCUT2D eigenvalue weighted by Gasteiger charge is 2.50. The number of aromatic nitrogens is 1. The molecule has 0 bridgehead atoms. The third kappa shape index (κ3) is 8.22. The number of hydrogen-bond donors (Lipinski definition) is 2. The number of halogens is 2. The van der Waals surface area contributed by atoms with Gasteiger partial charge in [-0.1, -0.05) is 97.3 Å². The van der Waals surface area contributed by atoms with Gasteiger partial charge in [0.25, 0.3) is 11.8 Å². The summed E-state index contributed by atoms with van der Waals surface area (Å²) in [5.74, 6) is -2.67. The molecular weight excluding hydrogens is 651 g/mol. The molecule has 4 unspecified atom stereocenters. The first-order valence-electron chi connectivity index (χ1n) is 15.9. The lowest BCUT2D eigenvalue weighted by molar-refractivity contribution is -0.141. The van der Waals surface area contributed by atoms with Gasteiger partial charge in [-0.3, -0.25) is 29.0 Å². The largest absolute Gasteiger partial charge is 0.327 e. The average molecular weight is 690 g/mol. The van der Waals surface area contributed by atoms with Crippen molar-refractivity contribution in [3.05, 3.63) is 136 Å². The van der Waals surface area contributed by atoms with Crippen LogP contribution in [0.4, 0.5) is 0 Å². The van der Waals surface area contributed by atoms with E-state index in [0.717, 1.165) is 12.8 Å². The van der Waals surface area contributed by atoms with Gasteiger partial charge in [-0.15, -0.1) is 0 Å². The van der Waals surface area contributed by atoms with E-state index in [1.165, 1.54) is 0 Å². The maximum atomic E-state index is 14.5. The number of pyridine rings is 1. The molecule has 2 N–H and O–H groups in total. The molecule has 250 valence electrons. The first-order chi connectivity index (χ1) is 23.3. The summed E-state index contributed by atoms with van der Waals surface area (Å²) in [5.41, 5.74) is 7.91. The Morgan fingerprint density at radius 3 is 2.52 bits per heavy atom. The molecule has 2 heterocycles. The van der Waals surface area contributed by atoms with Crippen LogP contribution in [0.1, 0.15) is 71.7 Å². The number of rotatable bonds is 12. The van der Waals surface area contributed by atoms with Crippen molar-refractivity contribution < 1.29 is 24.1 Å². The SMILES string of the molecule is C=C(/C=C\C=C/C)CONC(=O)C1CCCCC1N1C(=O)c2ccccc2C(C(=O)NOCc2ccccn2)C1c1ccc(Cl)cc1Cl. The van der Waals surface area contributed by atoms with Crippen molar-refractivity contribution in [1.82, 2.24) is 20.8 Å². The maximum absolute atomic E-state index is 14.5. The Labute approximate surface area is 290 Å². The number of nitrogens with one attached hydrogen (secondary N) is 2. The lowest BCUT2D eigenvalue weighted by Crippen LogP contribution is -2.56. The highest BCUT2D eigenvalue weighted by molar-refractivity contribution is 6.35. The molecule has 1 fully saturated rings. The summed E-state index contributed by atoms with van der Waals surface area (Å²) in [5, 5.41) is 0.702. The van der Waals surface area contributed by atoms with Crippen LogP contribution in [0, 0.1) is 5.92 Å². The fourth-order valence-electron chi connectivity index (χ4n) is 6.38. The minimum Gasteiger partial charge on any atom is -0.327 e. The smallest absolute Gasteiger partial charge is 0.254 e. The average Bonchev–Trinajstić information content (AvgIpc) is 3.09. The van der Waals surface area contributed by atoms with Gasteiger partial charge in [-0.2, -0.15) is 0 Å². The van der Waals surface area contributed by atoms with Crippen LogP contribution in [0.25, 0.3) is 0 Å². The Morgan fingerprint density at radius 2 is 1.75 bits per heavy atom. The predicted molar refractivity (Wildman–Crippen MR) is 185 cm³/mol. The zero-order chi connectivity index (χ0) is 34.0. The van der Waals surface area contributed by atoms with Crippen LogP contribution in [0.2, 0.25) is 10.0 Å². The van der Waals surface area contributed by atoms with E-state index >= 15 is 0 Å². The van der Waals surface area contributed by atoms with Crippen LogP contribution in [0.5, 0.6) is 0 Å². The van der Waals surface area contributed by atoms with Crippen LogP contribution in [-0.2, 0) is 25.9 Å². The predicted octanol–water partition coefficient (Wildman–Crippen LogP) is 7.21. The van der Waals surface area contributed by atoms with Crippen molar-refractivity contribution in [1.29, 1.82) is 0 Å². The third-order valence-corrected chi connectivity index (χ3v) is 9.11. The molecule has 3 amide bonds. The summed E-state index contributed by atoms with van der Waals surface area (Å²) in [6.45, 7) is 6.00. The van der Waals surface area contributed by atoms with Crippen LogP contribution in [-0.4, -0.2) is 40.3 Å². The lowest BCUT2D eigenvalue weighted by Gasteiger charge is -2.48. The van der Waals surface area contributed by atoms with Gasteiger partial charge in [-0.25, -0.2) is 11.0 Å². The Balaban J connectivity index is 1.49. The summed E-state index contributed by atoms with van der Waals surface area (Å²) in [6.07, 6.45) is 11.7. The minimum atomic E-state index is -0.935. The number of carbonyl (C=O) groups excluding carboxylic acids is 3. The van der Waals surface area contributed by atoms with Crippen LogP contribution < -0.4 is 11.0 Å². The summed E-state index contributed by atoms with van der Waals surface area (Å²) in [6, 6.07) is 16.0. The molecule has 0 radical (unpaired) electrons. The zero-order valence-corrected chi connectivity index (χ0v) is 28.1. The number of allylic oxidation sites excluding steroid dienone is 3. The van der Waals surface area contributed by atoms with Crippen LogP contribution in [0.15, 0.2) is 103 Å². The molecule has 2 aliphatic rings. The summed E-state index contributed by atoms with van der Waals surface area (Å²) in [7, 11) is 0. The Morgan fingerprint density at radius 1 is 0.979 bits per heavy atom. The van der Waals surface area contributed by atoms with E-state index < -0.39 is 29.8 Å². The molecule has 11 heteroatoms. The van der Waals surface area contributed by atoms with Crippen molar-refractivity contribution in [2.45, 2.75) is 57.2 Å². The summed E-state index contributed by atoms with van der Waals surface area (Å²) < 4.78 is 0. The first kappa shape index (κ1) is 35.0. The lowest BCUT2D eigenvalue weighted by atomic mass is 9.75. The number of hydroxylamine groups is 2. The molecule has 2 aromatic carbocycles. The molecule has 4 atom stereocenters. The standard InChI is InChI=1S/C37H38Cl2N4O5/c1-3-4-5-12-24(2)22-47-41-35(44)30-16-8-9-17-32(30)43-34(29-19-18-25(38)21-31(29)39)33(27-14-6-7-15-28(27)37(43)46)36(45)42-48-23-26-13-10-11-20-40-26/h3-7,10-15,18-21,30,32-34H,2,8-9,16-17,22-23H2,1H3,(H,41,44)(H,42,45)/b4-3-,12-5-. The highest BCUT2D eigenvalue weighted by atomic mass is 35.5. The van der Waals surface area contributed by atoms with E-state index in [1.54, 1.807) is 71.8 Å².